The summed E-state index contributed by atoms with van der Waals surface area (Å²) in [6, 6.07) is 13.1. The molecule has 3 rings (SSSR count). The van der Waals surface area contributed by atoms with Gasteiger partial charge in [-0.05, 0) is 25.0 Å². The molecule has 0 spiro atoms. The zero-order valence-corrected chi connectivity index (χ0v) is 19.0. The van der Waals surface area contributed by atoms with Crippen LogP contribution < -0.4 is 20.1 Å². The molecule has 2 amide bonds. The molecule has 2 N–H and O–H groups in total. The second-order valence-corrected chi connectivity index (χ2v) is 7.99. The smallest absolute Gasteiger partial charge is 0.257 e. The lowest BCUT2D eigenvalue weighted by Crippen LogP contribution is -2.30. The zero-order valence-electron chi connectivity index (χ0n) is 17.5. The Hall–Kier alpha value is -3.04. The van der Waals surface area contributed by atoms with Crippen molar-refractivity contribution in [3.8, 4) is 11.5 Å². The minimum Gasteiger partial charge on any atom is -0.490 e. The molecule has 168 valence electrons. The summed E-state index contributed by atoms with van der Waals surface area (Å²) >= 11 is 7.61. The Balaban J connectivity index is 1.57. The molecule has 1 heterocycles. The minimum atomic E-state index is -0.239. The molecule has 0 aliphatic carbocycles. The van der Waals surface area contributed by atoms with Crippen molar-refractivity contribution in [2.24, 2.45) is 10.2 Å². The molecule has 0 bridgehead atoms. The number of ether oxygens (including phenoxy) is 2. The number of amides is 2. The fourth-order valence-corrected chi connectivity index (χ4v) is 3.57. The van der Waals surface area contributed by atoms with Crippen LogP contribution in [0.15, 0.2) is 52.7 Å². The van der Waals surface area contributed by atoms with Crippen molar-refractivity contribution in [1.29, 1.82) is 0 Å². The Bertz CT molecular complexity index is 1010. The Morgan fingerprint density at radius 2 is 2.03 bits per heavy atom. The van der Waals surface area contributed by atoms with E-state index in [1.54, 1.807) is 12.1 Å². The van der Waals surface area contributed by atoms with E-state index in [-0.39, 0.29) is 18.4 Å². The molecular weight excluding hydrogens is 452 g/mol. The predicted octanol–water partition coefficient (Wildman–Crippen LogP) is 3.03. The Morgan fingerprint density at radius 3 is 2.75 bits per heavy atom. The second kappa shape index (κ2) is 12.1. The van der Waals surface area contributed by atoms with Crippen LogP contribution in [-0.2, 0) is 16.0 Å². The van der Waals surface area contributed by atoms with Crippen LogP contribution in [0.1, 0.15) is 18.1 Å². The number of hydrogen-bond donors (Lipinski definition) is 2. The highest BCUT2D eigenvalue weighted by Gasteiger charge is 2.16. The molecule has 2 aromatic carbocycles. The van der Waals surface area contributed by atoms with E-state index >= 15 is 0 Å². The van der Waals surface area contributed by atoms with Gasteiger partial charge in [-0.1, -0.05) is 53.7 Å². The first-order chi connectivity index (χ1) is 15.5. The predicted molar refractivity (Wildman–Crippen MR) is 127 cm³/mol. The molecule has 0 aromatic heterocycles. The maximum Gasteiger partial charge on any atom is 0.257 e. The highest BCUT2D eigenvalue weighted by Crippen LogP contribution is 2.33. The van der Waals surface area contributed by atoms with Gasteiger partial charge in [0.1, 0.15) is 0 Å². The van der Waals surface area contributed by atoms with Crippen LogP contribution in [0.5, 0.6) is 11.5 Å². The number of amidine groups is 1. The summed E-state index contributed by atoms with van der Waals surface area (Å²) < 4.78 is 11.3. The second-order valence-electron chi connectivity index (χ2n) is 6.61. The summed E-state index contributed by atoms with van der Waals surface area (Å²) in [4.78, 5) is 23.3. The highest BCUT2D eigenvalue weighted by atomic mass is 35.5. The molecule has 1 fully saturated rings. The third kappa shape index (κ3) is 7.28. The normalized spacial score (nSPS) is 14.6. The highest BCUT2D eigenvalue weighted by molar-refractivity contribution is 8.15. The number of carbonyl (C=O) groups excluding carboxylic acids is 2. The van der Waals surface area contributed by atoms with Gasteiger partial charge >= 0.3 is 0 Å². The van der Waals surface area contributed by atoms with Crippen LogP contribution in [-0.4, -0.2) is 48.7 Å². The Labute approximate surface area is 195 Å². The monoisotopic (exact) mass is 474 g/mol. The van der Waals surface area contributed by atoms with Gasteiger partial charge in [-0.3, -0.25) is 9.59 Å². The molecule has 1 saturated heterocycles. The van der Waals surface area contributed by atoms with Crippen molar-refractivity contribution in [3.63, 3.8) is 0 Å². The van der Waals surface area contributed by atoms with Crippen molar-refractivity contribution < 1.29 is 19.1 Å². The molecule has 32 heavy (non-hydrogen) atoms. The number of rotatable bonds is 10. The number of benzene rings is 2. The third-order valence-electron chi connectivity index (χ3n) is 4.23. The summed E-state index contributed by atoms with van der Waals surface area (Å²) in [5.74, 6) is 0.780. The first-order valence-corrected chi connectivity index (χ1v) is 11.3. The molecule has 0 radical (unpaired) electrons. The molecule has 0 unspecified atom stereocenters. The summed E-state index contributed by atoms with van der Waals surface area (Å²) in [6.45, 7) is 2.60. The van der Waals surface area contributed by atoms with Gasteiger partial charge in [0.25, 0.3) is 5.91 Å². The SMILES string of the molecule is CCOc1cc(C=NN=C2NC(=O)CS2)c(Cl)cc1OCC(=O)NCCc1ccccc1. The molecule has 1 aliphatic rings. The van der Waals surface area contributed by atoms with E-state index in [1.165, 1.54) is 18.0 Å². The van der Waals surface area contributed by atoms with E-state index in [1.807, 2.05) is 37.3 Å². The average molecular weight is 475 g/mol. The molecule has 2 aromatic rings. The van der Waals surface area contributed by atoms with E-state index in [9.17, 15) is 9.59 Å². The van der Waals surface area contributed by atoms with Crippen molar-refractivity contribution in [2.45, 2.75) is 13.3 Å². The van der Waals surface area contributed by atoms with Crippen LogP contribution in [0.3, 0.4) is 0 Å². The minimum absolute atomic E-state index is 0.105. The van der Waals surface area contributed by atoms with E-state index < -0.39 is 0 Å². The lowest BCUT2D eigenvalue weighted by Gasteiger charge is -2.13. The van der Waals surface area contributed by atoms with Gasteiger partial charge in [-0.2, -0.15) is 5.10 Å². The number of nitrogens with zero attached hydrogens (tertiary/aromatic N) is 2. The summed E-state index contributed by atoms with van der Waals surface area (Å²) in [5, 5.41) is 14.1. The van der Waals surface area contributed by atoms with Gasteiger partial charge in [0.15, 0.2) is 23.3 Å². The molecule has 8 nitrogen and oxygen atoms in total. The standard InChI is InChI=1S/C22H23ClN4O4S/c1-2-30-18-10-16(12-25-27-22-26-21(29)14-32-22)17(23)11-19(18)31-13-20(28)24-9-8-15-6-4-3-5-7-15/h3-7,10-12H,2,8-9,13-14H2,1H3,(H,24,28)(H,26,27,29). The molecule has 10 heteroatoms. The van der Waals surface area contributed by atoms with E-state index in [4.69, 9.17) is 21.1 Å². The molecular formula is C22H23ClN4O4S. The zero-order chi connectivity index (χ0) is 22.8. The number of carbonyl (C=O) groups is 2. The van der Waals surface area contributed by atoms with Crippen molar-refractivity contribution in [1.82, 2.24) is 10.6 Å². The topological polar surface area (TPSA) is 101 Å². The van der Waals surface area contributed by atoms with Crippen LogP contribution in [0.2, 0.25) is 5.02 Å². The third-order valence-corrected chi connectivity index (χ3v) is 5.42. The van der Waals surface area contributed by atoms with Crippen molar-refractivity contribution >= 4 is 46.6 Å². The Kier molecular flexibility index (Phi) is 8.94. The lowest BCUT2D eigenvalue weighted by atomic mass is 10.1. The fraction of sp³-hybridized carbons (Fsp3) is 0.273. The van der Waals surface area contributed by atoms with Gasteiger partial charge in [-0.25, -0.2) is 0 Å². The van der Waals surface area contributed by atoms with Crippen molar-refractivity contribution in [2.75, 3.05) is 25.5 Å². The summed E-state index contributed by atoms with van der Waals surface area (Å²) in [6.07, 6.45) is 2.20. The van der Waals surface area contributed by atoms with E-state index in [0.717, 1.165) is 12.0 Å². The summed E-state index contributed by atoms with van der Waals surface area (Å²) in [5.41, 5.74) is 1.71. The first-order valence-electron chi connectivity index (χ1n) is 9.98. The maximum absolute atomic E-state index is 12.1. The van der Waals surface area contributed by atoms with E-state index in [0.29, 0.717) is 46.2 Å². The van der Waals surface area contributed by atoms with Gasteiger partial charge in [0, 0.05) is 18.2 Å². The van der Waals surface area contributed by atoms with Crippen LogP contribution in [0, 0.1) is 0 Å². The fourth-order valence-electron chi connectivity index (χ4n) is 2.74. The van der Waals surface area contributed by atoms with Gasteiger partial charge < -0.3 is 20.1 Å². The van der Waals surface area contributed by atoms with Gasteiger partial charge in [0.05, 0.1) is 23.6 Å². The van der Waals surface area contributed by atoms with E-state index in [2.05, 4.69) is 20.8 Å². The summed E-state index contributed by atoms with van der Waals surface area (Å²) in [7, 11) is 0. The van der Waals surface area contributed by atoms with Crippen LogP contribution in [0.25, 0.3) is 0 Å². The lowest BCUT2D eigenvalue weighted by molar-refractivity contribution is -0.123. The number of nitrogens with one attached hydrogen (secondary N) is 2. The maximum atomic E-state index is 12.1. The first kappa shape index (κ1) is 23.6. The number of halogens is 1. The number of hydrogen-bond acceptors (Lipinski definition) is 7. The number of thioether (sulfide) groups is 1. The van der Waals surface area contributed by atoms with Gasteiger partial charge in [-0.15, -0.1) is 5.10 Å². The van der Waals surface area contributed by atoms with Crippen LogP contribution in [0.4, 0.5) is 0 Å². The molecule has 1 aliphatic heterocycles. The van der Waals surface area contributed by atoms with Gasteiger partial charge in [0.2, 0.25) is 5.91 Å². The largest absolute Gasteiger partial charge is 0.490 e. The average Bonchev–Trinajstić information content (AvgIpc) is 3.20. The van der Waals surface area contributed by atoms with Crippen molar-refractivity contribution in [3.05, 3.63) is 58.6 Å². The molecule has 0 saturated carbocycles. The van der Waals surface area contributed by atoms with Crippen LogP contribution >= 0.6 is 23.4 Å². The molecule has 0 atom stereocenters. The quantitative estimate of drug-likeness (QED) is 0.407. The Morgan fingerprint density at radius 1 is 1.25 bits per heavy atom.